The monoisotopic (exact) mass is 424 g/mol. The van der Waals surface area contributed by atoms with Crippen LogP contribution < -0.4 is 10.6 Å². The van der Waals surface area contributed by atoms with E-state index in [1.807, 2.05) is 6.92 Å². The minimum absolute atomic E-state index is 0.0204. The highest BCUT2D eigenvalue weighted by Gasteiger charge is 2.29. The van der Waals surface area contributed by atoms with E-state index in [1.165, 1.54) is 16.2 Å². The van der Waals surface area contributed by atoms with Gasteiger partial charge in [0.05, 0.1) is 30.2 Å². The Labute approximate surface area is 168 Å². The van der Waals surface area contributed by atoms with Gasteiger partial charge < -0.3 is 10.6 Å². The number of thiophene rings is 1. The van der Waals surface area contributed by atoms with Crippen LogP contribution in [0.15, 0.2) is 0 Å². The summed E-state index contributed by atoms with van der Waals surface area (Å²) in [6.07, 6.45) is 3.30. The summed E-state index contributed by atoms with van der Waals surface area (Å²) in [5, 5.41) is 15.5. The number of hydrogen-bond acceptors (Lipinski definition) is 7. The van der Waals surface area contributed by atoms with Gasteiger partial charge in [-0.25, -0.2) is 8.42 Å². The maximum atomic E-state index is 12.4. The van der Waals surface area contributed by atoms with Crippen LogP contribution in [-0.4, -0.2) is 62.3 Å². The van der Waals surface area contributed by atoms with E-state index in [9.17, 15) is 23.3 Å². The van der Waals surface area contributed by atoms with Crippen molar-refractivity contribution in [2.45, 2.75) is 38.6 Å². The molecular weight excluding hydrogens is 400 g/mol. The zero-order valence-electron chi connectivity index (χ0n) is 15.8. The Morgan fingerprint density at radius 2 is 2.04 bits per heavy atom. The van der Waals surface area contributed by atoms with E-state index in [-0.39, 0.29) is 42.5 Å². The summed E-state index contributed by atoms with van der Waals surface area (Å²) in [6.45, 7) is 2.39. The number of carbonyl (C=O) groups excluding carboxylic acids is 2. The molecule has 10 heteroatoms. The number of sulfone groups is 1. The standard InChI is InChI=1S/C18H24N4O4S2/c1-2-22(9-16(23)20-12-6-7-28(25,26)11-12)10-17(24)21-18-14(8-19)13-4-3-5-15(13)27-18/h12H,2-7,9-11H2,1H3,(H,20,23)(H,21,24)/t12-/m0/s1. The maximum absolute atomic E-state index is 12.4. The van der Waals surface area contributed by atoms with Gasteiger partial charge >= 0.3 is 0 Å². The summed E-state index contributed by atoms with van der Waals surface area (Å²) in [5.41, 5.74) is 1.62. The molecule has 0 unspecified atom stereocenters. The summed E-state index contributed by atoms with van der Waals surface area (Å²) in [4.78, 5) is 27.5. The second-order valence-electron chi connectivity index (χ2n) is 7.19. The molecule has 1 aromatic rings. The zero-order valence-corrected chi connectivity index (χ0v) is 17.4. The lowest BCUT2D eigenvalue weighted by Crippen LogP contribution is -2.44. The van der Waals surface area contributed by atoms with Gasteiger partial charge in [-0.05, 0) is 37.8 Å². The van der Waals surface area contributed by atoms with E-state index < -0.39 is 9.84 Å². The molecule has 0 radical (unpaired) electrons. The van der Waals surface area contributed by atoms with Crippen LogP contribution in [0.4, 0.5) is 5.00 Å². The van der Waals surface area contributed by atoms with Crippen LogP contribution in [0.3, 0.4) is 0 Å². The molecule has 1 aliphatic heterocycles. The molecule has 152 valence electrons. The third kappa shape index (κ3) is 4.90. The van der Waals surface area contributed by atoms with Gasteiger partial charge in [-0.3, -0.25) is 14.5 Å². The SMILES string of the molecule is CCN(CC(=O)Nc1sc2c(c1C#N)CCC2)CC(=O)N[C@H]1CCS(=O)(=O)C1. The Morgan fingerprint density at radius 1 is 1.29 bits per heavy atom. The molecule has 1 fully saturated rings. The summed E-state index contributed by atoms with van der Waals surface area (Å²) >= 11 is 1.46. The zero-order chi connectivity index (χ0) is 20.3. The molecule has 1 aliphatic carbocycles. The van der Waals surface area contributed by atoms with Gasteiger partial charge in [0.1, 0.15) is 11.1 Å². The van der Waals surface area contributed by atoms with Crippen molar-refractivity contribution in [2.24, 2.45) is 0 Å². The highest BCUT2D eigenvalue weighted by molar-refractivity contribution is 7.91. The van der Waals surface area contributed by atoms with Gasteiger partial charge in [-0.15, -0.1) is 11.3 Å². The fraction of sp³-hybridized carbons (Fsp3) is 0.611. The third-order valence-electron chi connectivity index (χ3n) is 5.07. The van der Waals surface area contributed by atoms with Gasteiger partial charge in [0, 0.05) is 10.9 Å². The Balaban J connectivity index is 1.52. The number of nitrogens with zero attached hydrogens (tertiary/aromatic N) is 2. The molecule has 2 heterocycles. The first-order chi connectivity index (χ1) is 13.3. The number of nitriles is 1. The normalized spacial score (nSPS) is 20.0. The second kappa shape index (κ2) is 8.59. The van der Waals surface area contributed by atoms with Crippen molar-refractivity contribution in [3.8, 4) is 6.07 Å². The maximum Gasteiger partial charge on any atom is 0.239 e. The van der Waals surface area contributed by atoms with Crippen LogP contribution in [0.25, 0.3) is 0 Å². The van der Waals surface area contributed by atoms with Crippen molar-refractivity contribution in [1.29, 1.82) is 5.26 Å². The number of likely N-dealkylation sites (N-methyl/N-ethyl adjacent to an activating group) is 1. The number of fused-ring (bicyclic) bond motifs is 1. The Hall–Kier alpha value is -1.96. The van der Waals surface area contributed by atoms with E-state index in [2.05, 4.69) is 16.7 Å². The Bertz CT molecular complexity index is 917. The Kier molecular flexibility index (Phi) is 6.37. The van der Waals surface area contributed by atoms with E-state index in [1.54, 1.807) is 4.90 Å². The first kappa shape index (κ1) is 20.8. The topological polar surface area (TPSA) is 119 Å². The molecule has 2 amide bonds. The summed E-state index contributed by atoms with van der Waals surface area (Å²) in [5.74, 6) is -0.478. The first-order valence-corrected chi connectivity index (χ1v) is 12.0. The summed E-state index contributed by atoms with van der Waals surface area (Å²) in [6, 6.07) is 1.85. The predicted octanol–water partition coefficient (Wildman–Crippen LogP) is 0.672. The fourth-order valence-corrected chi connectivity index (χ4v) is 6.57. The van der Waals surface area contributed by atoms with Gasteiger partial charge in [-0.2, -0.15) is 5.26 Å². The number of rotatable bonds is 7. The minimum Gasteiger partial charge on any atom is -0.351 e. The van der Waals surface area contributed by atoms with Crippen LogP contribution in [0.5, 0.6) is 0 Å². The molecule has 2 aliphatic rings. The van der Waals surface area contributed by atoms with Crippen molar-refractivity contribution in [1.82, 2.24) is 10.2 Å². The number of anilines is 1. The molecule has 1 aromatic heterocycles. The van der Waals surface area contributed by atoms with Gasteiger partial charge in [0.25, 0.3) is 0 Å². The lowest BCUT2D eigenvalue weighted by Gasteiger charge is -2.20. The Morgan fingerprint density at radius 3 is 2.68 bits per heavy atom. The molecule has 1 saturated heterocycles. The number of nitrogens with one attached hydrogen (secondary N) is 2. The highest BCUT2D eigenvalue weighted by atomic mass is 32.2. The molecule has 0 aromatic carbocycles. The van der Waals surface area contributed by atoms with E-state index in [0.717, 1.165) is 24.8 Å². The second-order valence-corrected chi connectivity index (χ2v) is 10.5. The largest absolute Gasteiger partial charge is 0.351 e. The van der Waals surface area contributed by atoms with E-state index in [0.29, 0.717) is 23.5 Å². The third-order valence-corrected chi connectivity index (χ3v) is 8.04. The van der Waals surface area contributed by atoms with Crippen molar-refractivity contribution < 1.29 is 18.0 Å². The molecule has 2 N–H and O–H groups in total. The minimum atomic E-state index is -3.05. The van der Waals surface area contributed by atoms with Crippen LogP contribution in [0.1, 0.15) is 35.8 Å². The van der Waals surface area contributed by atoms with Gasteiger partial charge in [0.2, 0.25) is 11.8 Å². The van der Waals surface area contributed by atoms with Crippen LogP contribution >= 0.6 is 11.3 Å². The van der Waals surface area contributed by atoms with Gasteiger partial charge in [0.15, 0.2) is 9.84 Å². The number of amides is 2. The average molecular weight is 425 g/mol. The number of carbonyl (C=O) groups is 2. The summed E-state index contributed by atoms with van der Waals surface area (Å²) in [7, 11) is -3.05. The molecule has 0 saturated carbocycles. The molecule has 0 spiro atoms. The van der Waals surface area contributed by atoms with Gasteiger partial charge in [-0.1, -0.05) is 6.92 Å². The van der Waals surface area contributed by atoms with Crippen LogP contribution in [0, 0.1) is 11.3 Å². The molecule has 28 heavy (non-hydrogen) atoms. The van der Waals surface area contributed by atoms with Crippen molar-refractivity contribution in [2.75, 3.05) is 36.5 Å². The lowest BCUT2D eigenvalue weighted by atomic mass is 10.1. The highest BCUT2D eigenvalue weighted by Crippen LogP contribution is 2.38. The van der Waals surface area contributed by atoms with Crippen molar-refractivity contribution >= 4 is 38.0 Å². The van der Waals surface area contributed by atoms with E-state index >= 15 is 0 Å². The molecular formula is C18H24N4O4S2. The van der Waals surface area contributed by atoms with Crippen molar-refractivity contribution in [3.63, 3.8) is 0 Å². The lowest BCUT2D eigenvalue weighted by molar-refractivity contribution is -0.123. The molecule has 1 atom stereocenters. The smallest absolute Gasteiger partial charge is 0.239 e. The average Bonchev–Trinajstić information content (AvgIpc) is 3.28. The first-order valence-electron chi connectivity index (χ1n) is 9.38. The molecule has 0 bridgehead atoms. The summed E-state index contributed by atoms with van der Waals surface area (Å²) < 4.78 is 23.0. The number of hydrogen-bond donors (Lipinski definition) is 2. The van der Waals surface area contributed by atoms with Crippen LogP contribution in [0.2, 0.25) is 0 Å². The van der Waals surface area contributed by atoms with Crippen LogP contribution in [-0.2, 0) is 32.3 Å². The fourth-order valence-electron chi connectivity index (χ4n) is 3.64. The molecule has 3 rings (SSSR count). The molecule has 8 nitrogen and oxygen atoms in total. The number of aryl methyl sites for hydroxylation is 1. The van der Waals surface area contributed by atoms with E-state index in [4.69, 9.17) is 0 Å². The quantitative estimate of drug-likeness (QED) is 0.664. The van der Waals surface area contributed by atoms with Crippen molar-refractivity contribution in [3.05, 3.63) is 16.0 Å². The predicted molar refractivity (Wildman–Crippen MR) is 107 cm³/mol.